The first kappa shape index (κ1) is 15.4. The molecule has 0 fully saturated rings. The number of carbonyl (C=O) groups excluding carboxylic acids is 1. The minimum Gasteiger partial charge on any atom is -0.503 e. The van der Waals surface area contributed by atoms with Crippen LogP contribution in [-0.2, 0) is 0 Å². The number of phenolic OH excluding ortho intramolecular Hbond substituents is 1. The lowest BCUT2D eigenvalue weighted by Crippen LogP contribution is -2.12. The van der Waals surface area contributed by atoms with Gasteiger partial charge in [0.15, 0.2) is 11.5 Å². The molecule has 110 valence electrons. The number of amides is 1. The van der Waals surface area contributed by atoms with Crippen LogP contribution in [0.1, 0.15) is 21.5 Å². The third-order valence-corrected chi connectivity index (χ3v) is 3.88. The molecule has 0 aromatic heterocycles. The summed E-state index contributed by atoms with van der Waals surface area (Å²) in [6.07, 6.45) is 0. The van der Waals surface area contributed by atoms with Gasteiger partial charge < -0.3 is 15.2 Å². The van der Waals surface area contributed by atoms with Gasteiger partial charge in [-0.25, -0.2) is 0 Å². The van der Waals surface area contributed by atoms with Crippen molar-refractivity contribution in [2.75, 3.05) is 12.4 Å². The van der Waals surface area contributed by atoms with Crippen molar-refractivity contribution >= 4 is 27.5 Å². The highest BCUT2D eigenvalue weighted by atomic mass is 79.9. The molecule has 0 aliphatic carbocycles. The number of hydrogen-bond acceptors (Lipinski definition) is 3. The van der Waals surface area contributed by atoms with E-state index < -0.39 is 0 Å². The summed E-state index contributed by atoms with van der Waals surface area (Å²) in [6.45, 7) is 4.01. The Hall–Kier alpha value is -2.01. The van der Waals surface area contributed by atoms with Crippen molar-refractivity contribution in [3.05, 3.63) is 51.5 Å². The van der Waals surface area contributed by atoms with Crippen LogP contribution < -0.4 is 10.1 Å². The maximum absolute atomic E-state index is 12.3. The van der Waals surface area contributed by atoms with Gasteiger partial charge in [-0.15, -0.1) is 0 Å². The van der Waals surface area contributed by atoms with E-state index in [1.54, 1.807) is 6.07 Å². The van der Waals surface area contributed by atoms with Gasteiger partial charge in [0, 0.05) is 11.3 Å². The van der Waals surface area contributed by atoms with E-state index in [9.17, 15) is 9.90 Å². The first-order chi connectivity index (χ1) is 9.92. The molecule has 2 rings (SSSR count). The van der Waals surface area contributed by atoms with Crippen molar-refractivity contribution in [1.82, 2.24) is 0 Å². The SMILES string of the molecule is COc1cc(C(=O)Nc2ccc(C)c(C)c2)cc(Br)c1O. The Morgan fingerprint density at radius 1 is 1.19 bits per heavy atom. The molecule has 0 saturated carbocycles. The number of benzene rings is 2. The number of phenols is 1. The van der Waals surface area contributed by atoms with Crippen LogP contribution in [0.5, 0.6) is 11.5 Å². The second-order valence-electron chi connectivity index (χ2n) is 4.76. The highest BCUT2D eigenvalue weighted by molar-refractivity contribution is 9.10. The number of carbonyl (C=O) groups is 1. The normalized spacial score (nSPS) is 10.3. The Morgan fingerprint density at radius 3 is 2.52 bits per heavy atom. The Kier molecular flexibility index (Phi) is 4.53. The number of nitrogens with one attached hydrogen (secondary N) is 1. The molecule has 0 radical (unpaired) electrons. The Balaban J connectivity index is 2.28. The molecule has 1 amide bonds. The second-order valence-corrected chi connectivity index (χ2v) is 5.62. The minimum absolute atomic E-state index is 0.0276. The van der Waals surface area contributed by atoms with Crippen LogP contribution in [0.4, 0.5) is 5.69 Å². The molecule has 0 saturated heterocycles. The van der Waals surface area contributed by atoms with Gasteiger partial charge in [-0.3, -0.25) is 4.79 Å². The first-order valence-electron chi connectivity index (χ1n) is 6.37. The van der Waals surface area contributed by atoms with Crippen LogP contribution in [0.15, 0.2) is 34.8 Å². The molecule has 4 nitrogen and oxygen atoms in total. The third-order valence-electron chi connectivity index (χ3n) is 3.28. The average Bonchev–Trinajstić information content (AvgIpc) is 2.45. The van der Waals surface area contributed by atoms with Gasteiger partial charge in [-0.2, -0.15) is 0 Å². The molecule has 0 aliphatic rings. The predicted molar refractivity (Wildman–Crippen MR) is 86.2 cm³/mol. The summed E-state index contributed by atoms with van der Waals surface area (Å²) < 4.78 is 5.45. The molecule has 0 bridgehead atoms. The average molecular weight is 350 g/mol. The van der Waals surface area contributed by atoms with Crippen LogP contribution in [0.2, 0.25) is 0 Å². The molecule has 21 heavy (non-hydrogen) atoms. The maximum atomic E-state index is 12.3. The third kappa shape index (κ3) is 3.36. The zero-order valence-electron chi connectivity index (χ0n) is 12.0. The van der Waals surface area contributed by atoms with Gasteiger partial charge in [0.25, 0.3) is 5.91 Å². The number of methoxy groups -OCH3 is 1. The molecule has 2 N–H and O–H groups in total. The largest absolute Gasteiger partial charge is 0.503 e. The zero-order chi connectivity index (χ0) is 15.6. The number of rotatable bonds is 3. The highest BCUT2D eigenvalue weighted by Crippen LogP contribution is 2.35. The molecule has 2 aromatic carbocycles. The first-order valence-corrected chi connectivity index (χ1v) is 7.16. The summed E-state index contributed by atoms with van der Waals surface area (Å²) >= 11 is 3.20. The quantitative estimate of drug-likeness (QED) is 0.879. The van der Waals surface area contributed by atoms with E-state index in [1.165, 1.54) is 18.7 Å². The Labute approximate surface area is 131 Å². The molecule has 5 heteroatoms. The van der Waals surface area contributed by atoms with Crippen LogP contribution in [0, 0.1) is 13.8 Å². The predicted octanol–water partition coefficient (Wildman–Crippen LogP) is 4.03. The molecule has 2 aromatic rings. The fraction of sp³-hybridized carbons (Fsp3) is 0.188. The van der Waals surface area contributed by atoms with Gasteiger partial charge in [0.1, 0.15) is 0 Å². The number of hydrogen-bond donors (Lipinski definition) is 2. The molecule has 0 atom stereocenters. The molecule has 0 aliphatic heterocycles. The topological polar surface area (TPSA) is 58.6 Å². The van der Waals surface area contributed by atoms with Gasteiger partial charge in [0.2, 0.25) is 0 Å². The molecular weight excluding hydrogens is 334 g/mol. The van der Waals surface area contributed by atoms with E-state index >= 15 is 0 Å². The van der Waals surface area contributed by atoms with Gasteiger partial charge in [-0.05, 0) is 65.2 Å². The zero-order valence-corrected chi connectivity index (χ0v) is 13.6. The minimum atomic E-state index is -0.266. The number of ether oxygens (including phenoxy) is 1. The molecular formula is C16H16BrNO3. The van der Waals surface area contributed by atoms with Crippen LogP contribution >= 0.6 is 15.9 Å². The smallest absolute Gasteiger partial charge is 0.255 e. The molecule has 0 spiro atoms. The van der Waals surface area contributed by atoms with Gasteiger partial charge in [-0.1, -0.05) is 6.07 Å². The summed E-state index contributed by atoms with van der Waals surface area (Å²) in [6, 6.07) is 8.77. The Bertz CT molecular complexity index is 698. The van der Waals surface area contributed by atoms with Crippen molar-refractivity contribution in [1.29, 1.82) is 0 Å². The maximum Gasteiger partial charge on any atom is 0.255 e. The summed E-state index contributed by atoms with van der Waals surface area (Å²) in [7, 11) is 1.44. The monoisotopic (exact) mass is 349 g/mol. The van der Waals surface area contributed by atoms with E-state index in [0.717, 1.165) is 11.3 Å². The summed E-state index contributed by atoms with van der Waals surface area (Å²) in [4.78, 5) is 12.3. The van der Waals surface area contributed by atoms with E-state index in [2.05, 4.69) is 21.2 Å². The lowest BCUT2D eigenvalue weighted by Gasteiger charge is -2.10. The van der Waals surface area contributed by atoms with E-state index in [-0.39, 0.29) is 17.4 Å². The molecule has 0 unspecified atom stereocenters. The number of aryl methyl sites for hydroxylation is 2. The van der Waals surface area contributed by atoms with Crippen molar-refractivity contribution < 1.29 is 14.6 Å². The lowest BCUT2D eigenvalue weighted by atomic mass is 10.1. The summed E-state index contributed by atoms with van der Waals surface area (Å²) in [5.74, 6) is -0.0490. The molecule has 0 heterocycles. The summed E-state index contributed by atoms with van der Waals surface area (Å²) in [5.41, 5.74) is 3.40. The number of halogens is 1. The van der Waals surface area contributed by atoms with E-state index in [0.29, 0.717) is 10.0 Å². The van der Waals surface area contributed by atoms with E-state index in [1.807, 2.05) is 32.0 Å². The van der Waals surface area contributed by atoms with Crippen molar-refractivity contribution in [2.45, 2.75) is 13.8 Å². The van der Waals surface area contributed by atoms with Crippen LogP contribution in [0.3, 0.4) is 0 Å². The van der Waals surface area contributed by atoms with Crippen molar-refractivity contribution in [3.63, 3.8) is 0 Å². The standard InChI is InChI=1S/C16H16BrNO3/c1-9-4-5-12(6-10(9)2)18-16(20)11-7-13(17)15(19)14(8-11)21-3/h4-8,19H,1-3H3,(H,18,20). The number of anilines is 1. The highest BCUT2D eigenvalue weighted by Gasteiger charge is 2.14. The van der Waals surface area contributed by atoms with Crippen molar-refractivity contribution in [3.8, 4) is 11.5 Å². The summed E-state index contributed by atoms with van der Waals surface area (Å²) in [5, 5.41) is 12.6. The lowest BCUT2D eigenvalue weighted by molar-refractivity contribution is 0.102. The van der Waals surface area contributed by atoms with Crippen LogP contribution in [0.25, 0.3) is 0 Å². The van der Waals surface area contributed by atoms with E-state index in [4.69, 9.17) is 4.74 Å². The van der Waals surface area contributed by atoms with Gasteiger partial charge in [0.05, 0.1) is 11.6 Å². The van der Waals surface area contributed by atoms with Crippen LogP contribution in [-0.4, -0.2) is 18.1 Å². The Morgan fingerprint density at radius 2 is 1.90 bits per heavy atom. The van der Waals surface area contributed by atoms with Gasteiger partial charge >= 0.3 is 0 Å². The number of aromatic hydroxyl groups is 1. The fourth-order valence-electron chi connectivity index (χ4n) is 1.88. The second kappa shape index (κ2) is 6.18. The van der Waals surface area contributed by atoms with Crippen molar-refractivity contribution in [2.24, 2.45) is 0 Å². The fourth-order valence-corrected chi connectivity index (χ4v) is 2.32.